The third-order valence-electron chi connectivity index (χ3n) is 4.02. The molecule has 1 heterocycles. The largest absolute Gasteiger partial charge is 0.397 e. The molecule has 0 saturated heterocycles. The van der Waals surface area contributed by atoms with Gasteiger partial charge in [-0.05, 0) is 30.7 Å². The van der Waals surface area contributed by atoms with E-state index in [1.165, 1.54) is 12.8 Å². The molecule has 1 fully saturated rings. The summed E-state index contributed by atoms with van der Waals surface area (Å²) in [6.45, 7) is 4.45. The molecule has 4 heteroatoms. The van der Waals surface area contributed by atoms with E-state index in [1.807, 2.05) is 0 Å². The van der Waals surface area contributed by atoms with Gasteiger partial charge < -0.3 is 16.0 Å². The summed E-state index contributed by atoms with van der Waals surface area (Å²) in [5.74, 6) is 1.26. The predicted molar refractivity (Wildman–Crippen MR) is 68.6 cm³/mol. The molecule has 3 atom stereocenters. The Morgan fingerprint density at radius 2 is 2.35 bits per heavy atom. The molecule has 0 spiro atoms. The van der Waals surface area contributed by atoms with Gasteiger partial charge in [0.15, 0.2) is 0 Å². The Kier molecular flexibility index (Phi) is 3.41. The van der Waals surface area contributed by atoms with Gasteiger partial charge in [-0.1, -0.05) is 20.3 Å². The normalized spacial score (nSPS) is 28.2. The zero-order valence-corrected chi connectivity index (χ0v) is 10.5. The smallest absolute Gasteiger partial charge is 0.267 e. The first-order chi connectivity index (χ1) is 8.11. The van der Waals surface area contributed by atoms with Crippen LogP contribution in [0.15, 0.2) is 12.3 Å². The number of amides is 1. The molecule has 2 rings (SSSR count). The summed E-state index contributed by atoms with van der Waals surface area (Å²) in [5.41, 5.74) is 6.73. The van der Waals surface area contributed by atoms with Crippen LogP contribution >= 0.6 is 0 Å². The first-order valence-electron chi connectivity index (χ1n) is 6.36. The molecule has 17 heavy (non-hydrogen) atoms. The van der Waals surface area contributed by atoms with Crippen molar-refractivity contribution in [1.29, 1.82) is 0 Å². The molecule has 1 aromatic heterocycles. The molecular formula is C13H21N3O. The van der Waals surface area contributed by atoms with Gasteiger partial charge in [-0.3, -0.25) is 4.79 Å². The van der Waals surface area contributed by atoms with Gasteiger partial charge in [0.2, 0.25) is 0 Å². The summed E-state index contributed by atoms with van der Waals surface area (Å²) in [4.78, 5) is 14.8. The monoisotopic (exact) mass is 235 g/mol. The summed E-state index contributed by atoms with van der Waals surface area (Å²) in [7, 11) is 0. The number of aromatic amines is 1. The molecule has 1 aliphatic rings. The number of nitrogens with one attached hydrogen (secondary N) is 2. The van der Waals surface area contributed by atoms with Crippen molar-refractivity contribution in [2.45, 2.75) is 39.2 Å². The lowest BCUT2D eigenvalue weighted by Crippen LogP contribution is -2.37. The number of carbonyl (C=O) groups is 1. The molecule has 0 aliphatic heterocycles. The van der Waals surface area contributed by atoms with Crippen molar-refractivity contribution >= 4 is 11.6 Å². The minimum atomic E-state index is -0.0460. The van der Waals surface area contributed by atoms with Crippen molar-refractivity contribution in [1.82, 2.24) is 10.3 Å². The molecule has 0 radical (unpaired) electrons. The van der Waals surface area contributed by atoms with Crippen molar-refractivity contribution in [3.8, 4) is 0 Å². The number of nitrogen functional groups attached to an aromatic ring is 1. The number of rotatable bonds is 3. The fourth-order valence-corrected chi connectivity index (χ4v) is 2.82. The predicted octanol–water partition coefficient (Wildman–Crippen LogP) is 2.15. The molecule has 94 valence electrons. The van der Waals surface area contributed by atoms with Crippen LogP contribution in [-0.2, 0) is 0 Å². The number of hydrogen-bond donors (Lipinski definition) is 3. The van der Waals surface area contributed by atoms with Crippen LogP contribution in [0.4, 0.5) is 5.69 Å². The van der Waals surface area contributed by atoms with Crippen LogP contribution in [0.3, 0.4) is 0 Å². The Morgan fingerprint density at radius 3 is 2.88 bits per heavy atom. The van der Waals surface area contributed by atoms with Crippen LogP contribution in [0, 0.1) is 11.8 Å². The summed E-state index contributed by atoms with van der Waals surface area (Å²) >= 11 is 0. The number of carbonyl (C=O) groups excluding carboxylic acids is 1. The summed E-state index contributed by atoms with van der Waals surface area (Å²) in [5, 5.41) is 3.10. The SMILES string of the molecule is CCC1CCC(NC(=O)c2cc(N)c[nH]2)C1C. The second kappa shape index (κ2) is 4.82. The second-order valence-corrected chi connectivity index (χ2v) is 5.03. The highest BCUT2D eigenvalue weighted by Gasteiger charge is 2.32. The zero-order valence-electron chi connectivity index (χ0n) is 10.5. The maximum absolute atomic E-state index is 12.0. The summed E-state index contributed by atoms with van der Waals surface area (Å²) in [6.07, 6.45) is 5.14. The number of hydrogen-bond acceptors (Lipinski definition) is 2. The Morgan fingerprint density at radius 1 is 1.59 bits per heavy atom. The zero-order chi connectivity index (χ0) is 12.4. The minimum Gasteiger partial charge on any atom is -0.397 e. The summed E-state index contributed by atoms with van der Waals surface area (Å²) < 4.78 is 0. The number of anilines is 1. The molecule has 1 amide bonds. The van der Waals surface area contributed by atoms with E-state index in [0.717, 1.165) is 12.3 Å². The maximum atomic E-state index is 12.0. The van der Waals surface area contributed by atoms with Gasteiger partial charge >= 0.3 is 0 Å². The number of aromatic nitrogens is 1. The fourth-order valence-electron chi connectivity index (χ4n) is 2.82. The minimum absolute atomic E-state index is 0.0460. The lowest BCUT2D eigenvalue weighted by Gasteiger charge is -2.20. The summed E-state index contributed by atoms with van der Waals surface area (Å²) in [6, 6.07) is 1.98. The lowest BCUT2D eigenvalue weighted by molar-refractivity contribution is 0.0922. The molecular weight excluding hydrogens is 214 g/mol. The quantitative estimate of drug-likeness (QED) is 0.751. The molecule has 1 aromatic rings. The van der Waals surface area contributed by atoms with Gasteiger partial charge in [-0.15, -0.1) is 0 Å². The average Bonchev–Trinajstić information content (AvgIpc) is 2.87. The topological polar surface area (TPSA) is 70.9 Å². The molecule has 0 aromatic carbocycles. The number of nitrogens with two attached hydrogens (primary N) is 1. The van der Waals surface area contributed by atoms with E-state index >= 15 is 0 Å². The van der Waals surface area contributed by atoms with Gasteiger partial charge in [0.1, 0.15) is 5.69 Å². The van der Waals surface area contributed by atoms with Crippen molar-refractivity contribution in [2.75, 3.05) is 5.73 Å². The van der Waals surface area contributed by atoms with Crippen molar-refractivity contribution in [3.05, 3.63) is 18.0 Å². The highest BCUT2D eigenvalue weighted by atomic mass is 16.1. The van der Waals surface area contributed by atoms with Gasteiger partial charge in [-0.25, -0.2) is 0 Å². The van der Waals surface area contributed by atoms with E-state index in [9.17, 15) is 4.79 Å². The van der Waals surface area contributed by atoms with E-state index < -0.39 is 0 Å². The Balaban J connectivity index is 1.96. The Bertz CT molecular complexity index is 399. The van der Waals surface area contributed by atoms with Crippen molar-refractivity contribution < 1.29 is 4.79 Å². The highest BCUT2D eigenvalue weighted by Crippen LogP contribution is 2.33. The number of H-pyrrole nitrogens is 1. The van der Waals surface area contributed by atoms with Crippen LogP contribution in [0.5, 0.6) is 0 Å². The van der Waals surface area contributed by atoms with Crippen molar-refractivity contribution in [3.63, 3.8) is 0 Å². The van der Waals surface area contributed by atoms with Gasteiger partial charge in [-0.2, -0.15) is 0 Å². The van der Waals surface area contributed by atoms with Crippen LogP contribution < -0.4 is 11.1 Å². The third kappa shape index (κ3) is 2.46. The third-order valence-corrected chi connectivity index (χ3v) is 4.02. The highest BCUT2D eigenvalue weighted by molar-refractivity contribution is 5.93. The molecule has 4 N–H and O–H groups in total. The molecule has 3 unspecified atom stereocenters. The first-order valence-corrected chi connectivity index (χ1v) is 6.36. The van der Waals surface area contributed by atoms with Crippen LogP contribution in [0.2, 0.25) is 0 Å². The van der Waals surface area contributed by atoms with E-state index in [-0.39, 0.29) is 5.91 Å². The Hall–Kier alpha value is -1.45. The van der Waals surface area contributed by atoms with Gasteiger partial charge in [0, 0.05) is 17.9 Å². The van der Waals surface area contributed by atoms with E-state index in [1.54, 1.807) is 12.3 Å². The fraction of sp³-hybridized carbons (Fsp3) is 0.615. The lowest BCUT2D eigenvalue weighted by atomic mass is 9.93. The van der Waals surface area contributed by atoms with Gasteiger partial charge in [0.25, 0.3) is 5.91 Å². The van der Waals surface area contributed by atoms with Crippen molar-refractivity contribution in [2.24, 2.45) is 11.8 Å². The van der Waals surface area contributed by atoms with E-state index in [0.29, 0.717) is 23.3 Å². The van der Waals surface area contributed by atoms with Crippen LogP contribution in [0.25, 0.3) is 0 Å². The molecule has 1 saturated carbocycles. The Labute approximate surface area is 102 Å². The average molecular weight is 235 g/mol. The standard InChI is InChI=1S/C13H21N3O/c1-3-9-4-5-11(8(9)2)16-13(17)12-6-10(14)7-15-12/h6-9,11,15H,3-5,14H2,1-2H3,(H,16,17). The first kappa shape index (κ1) is 12.0. The molecule has 1 aliphatic carbocycles. The molecule has 4 nitrogen and oxygen atoms in total. The molecule has 0 bridgehead atoms. The second-order valence-electron chi connectivity index (χ2n) is 5.03. The van der Waals surface area contributed by atoms with E-state index in [4.69, 9.17) is 5.73 Å². The van der Waals surface area contributed by atoms with Crippen LogP contribution in [-0.4, -0.2) is 16.9 Å². The van der Waals surface area contributed by atoms with Gasteiger partial charge in [0.05, 0.1) is 0 Å². The van der Waals surface area contributed by atoms with E-state index in [2.05, 4.69) is 24.1 Å². The van der Waals surface area contributed by atoms with Crippen LogP contribution in [0.1, 0.15) is 43.6 Å². The maximum Gasteiger partial charge on any atom is 0.267 e.